The third-order valence-electron chi connectivity index (χ3n) is 5.00. The number of imidazole rings is 1. The number of aromatic nitrogens is 5. The van der Waals surface area contributed by atoms with E-state index in [0.717, 1.165) is 10.1 Å². The molecule has 9 nitrogen and oxygen atoms in total. The van der Waals surface area contributed by atoms with Crippen LogP contribution in [0.2, 0.25) is 0 Å². The van der Waals surface area contributed by atoms with Crippen molar-refractivity contribution in [1.29, 1.82) is 0 Å². The van der Waals surface area contributed by atoms with Gasteiger partial charge in [-0.25, -0.2) is 9.20 Å². The Hall–Kier alpha value is -2.88. The van der Waals surface area contributed by atoms with Crippen LogP contribution in [0.4, 0.5) is 0 Å². The van der Waals surface area contributed by atoms with Crippen molar-refractivity contribution in [3.8, 4) is 5.88 Å². The van der Waals surface area contributed by atoms with E-state index < -0.39 is 16.8 Å². The predicted molar refractivity (Wildman–Crippen MR) is 116 cm³/mol. The number of aryl methyl sites for hydroxylation is 1. The predicted octanol–water partition coefficient (Wildman–Crippen LogP) is -0.120. The van der Waals surface area contributed by atoms with Crippen LogP contribution >= 0.6 is 0 Å². The molecule has 3 heterocycles. The van der Waals surface area contributed by atoms with E-state index in [2.05, 4.69) is 11.6 Å². The van der Waals surface area contributed by atoms with Crippen LogP contribution in [0.25, 0.3) is 16.9 Å². The summed E-state index contributed by atoms with van der Waals surface area (Å²) in [5.41, 5.74) is -0.538. The molecule has 1 aromatic carbocycles. The summed E-state index contributed by atoms with van der Waals surface area (Å²) in [5.74, 6) is -0.301. The Morgan fingerprint density at radius 2 is 1.73 bits per heavy atom. The van der Waals surface area contributed by atoms with E-state index in [0.29, 0.717) is 0 Å². The number of rotatable bonds is 4. The first-order valence-electron chi connectivity index (χ1n) is 8.94. The number of allylic oxidation sites excluding steroid dienone is 1. The van der Waals surface area contributed by atoms with Crippen LogP contribution in [0.1, 0.15) is 11.1 Å². The van der Waals surface area contributed by atoms with E-state index in [1.807, 2.05) is 30.3 Å². The monoisotopic (exact) mass is 417 g/mol. The molecule has 0 unspecified atom stereocenters. The van der Waals surface area contributed by atoms with Gasteiger partial charge in [0.1, 0.15) is 0 Å². The molecule has 0 aliphatic heterocycles. The van der Waals surface area contributed by atoms with Crippen LogP contribution in [-0.2, 0) is 27.1 Å². The molecule has 30 heavy (non-hydrogen) atoms. The minimum absolute atomic E-state index is 0. The molecule has 0 saturated carbocycles. The summed E-state index contributed by atoms with van der Waals surface area (Å²) in [6.45, 7) is 3.83. The van der Waals surface area contributed by atoms with Gasteiger partial charge in [0.25, 0.3) is 11.1 Å². The van der Waals surface area contributed by atoms with Gasteiger partial charge in [-0.05, 0) is 5.56 Å². The molecule has 0 spiro atoms. The molecule has 0 aliphatic carbocycles. The Labute approximate surface area is 192 Å². The number of hydrogen-bond donors (Lipinski definition) is 1. The summed E-state index contributed by atoms with van der Waals surface area (Å²) in [6.07, 6.45) is 1.61. The first kappa shape index (κ1) is 21.8. The van der Waals surface area contributed by atoms with Crippen molar-refractivity contribution >= 4 is 46.5 Å². The summed E-state index contributed by atoms with van der Waals surface area (Å²) in [6, 6.07) is 9.29. The van der Waals surface area contributed by atoms with Gasteiger partial charge in [-0.2, -0.15) is 4.98 Å². The fraction of sp³-hybridized carbons (Fsp3) is 0.200. The molecule has 0 bridgehead atoms. The van der Waals surface area contributed by atoms with Crippen molar-refractivity contribution in [3.05, 3.63) is 85.3 Å². The Morgan fingerprint density at radius 3 is 2.37 bits per heavy atom. The Kier molecular flexibility index (Phi) is 5.89. The fourth-order valence-corrected chi connectivity index (χ4v) is 3.48. The molecule has 0 radical (unpaired) electrons. The van der Waals surface area contributed by atoms with Gasteiger partial charge in [0.15, 0.2) is 11.2 Å². The van der Waals surface area contributed by atoms with E-state index in [1.165, 1.54) is 33.7 Å². The fourth-order valence-electron chi connectivity index (χ4n) is 3.48. The van der Waals surface area contributed by atoms with Crippen molar-refractivity contribution in [2.24, 2.45) is 14.1 Å². The Bertz CT molecular complexity index is 1460. The van der Waals surface area contributed by atoms with E-state index in [4.69, 9.17) is 0 Å². The Balaban J connectivity index is 0.00000256. The van der Waals surface area contributed by atoms with Crippen LogP contribution in [0.3, 0.4) is 0 Å². The standard InChI is InChI=1S/C20H19N5O4.Na.H/c1-4-8-13-16(26)24(11-12-9-6-5-7-10-12)19-21-15-14(25(19)17(13)27)18(28)23(3)20(29)22(15)2;;/h4-7,9-10,27H,1,8,11H2,2-3H3;;. The van der Waals surface area contributed by atoms with E-state index in [9.17, 15) is 19.5 Å². The normalized spacial score (nSPS) is 11.0. The number of hydrogen-bond acceptors (Lipinski definition) is 5. The van der Waals surface area contributed by atoms with Gasteiger partial charge in [0.05, 0.1) is 12.1 Å². The van der Waals surface area contributed by atoms with Gasteiger partial charge in [0, 0.05) is 20.5 Å². The van der Waals surface area contributed by atoms with Crippen molar-refractivity contribution in [3.63, 3.8) is 0 Å². The summed E-state index contributed by atoms with van der Waals surface area (Å²) >= 11 is 0. The van der Waals surface area contributed by atoms with Gasteiger partial charge in [-0.3, -0.25) is 23.3 Å². The summed E-state index contributed by atoms with van der Waals surface area (Å²) < 4.78 is 4.78. The van der Waals surface area contributed by atoms with Crippen LogP contribution in [0.15, 0.2) is 57.4 Å². The zero-order chi connectivity index (χ0) is 20.9. The second kappa shape index (κ2) is 8.10. The van der Waals surface area contributed by atoms with Gasteiger partial charge in [-0.15, -0.1) is 6.58 Å². The molecule has 4 rings (SSSR count). The average molecular weight is 417 g/mol. The number of aromatic hydroxyl groups is 1. The average Bonchev–Trinajstić information content (AvgIpc) is 3.13. The summed E-state index contributed by atoms with van der Waals surface area (Å²) in [7, 11) is 2.84. The number of nitrogens with zero attached hydrogens (tertiary/aromatic N) is 5. The van der Waals surface area contributed by atoms with Crippen molar-refractivity contribution in [2.75, 3.05) is 0 Å². The molecule has 4 aromatic rings. The molecule has 3 aromatic heterocycles. The van der Waals surface area contributed by atoms with Gasteiger partial charge in [0.2, 0.25) is 11.7 Å². The maximum atomic E-state index is 13.1. The first-order valence-corrected chi connectivity index (χ1v) is 8.94. The molecule has 0 aliphatic rings. The van der Waals surface area contributed by atoms with Gasteiger partial charge in [-0.1, -0.05) is 36.4 Å². The molecular weight excluding hydrogens is 397 g/mol. The second-order valence-electron chi connectivity index (χ2n) is 6.80. The van der Waals surface area contributed by atoms with E-state index >= 15 is 0 Å². The quantitative estimate of drug-likeness (QED) is 0.368. The van der Waals surface area contributed by atoms with E-state index in [1.54, 1.807) is 0 Å². The molecule has 1 N–H and O–H groups in total. The summed E-state index contributed by atoms with van der Waals surface area (Å²) in [4.78, 5) is 42.6. The minimum atomic E-state index is -0.611. The van der Waals surface area contributed by atoms with E-state index in [-0.39, 0.29) is 70.9 Å². The molecule has 0 atom stereocenters. The van der Waals surface area contributed by atoms with Crippen LogP contribution in [-0.4, -0.2) is 57.7 Å². The molecule has 0 amide bonds. The summed E-state index contributed by atoms with van der Waals surface area (Å²) in [5, 5.41) is 10.8. The van der Waals surface area contributed by atoms with Crippen molar-refractivity contribution in [2.45, 2.75) is 13.0 Å². The third-order valence-corrected chi connectivity index (χ3v) is 5.00. The van der Waals surface area contributed by atoms with Crippen LogP contribution in [0, 0.1) is 0 Å². The SMILES string of the molecule is C=CCc1c(O)n2c3c(=O)n(C)c(=O)n(C)c3nc2n(Cc2ccccc2)c1=O.[NaH]. The molecule has 0 fully saturated rings. The third kappa shape index (κ3) is 3.15. The topological polar surface area (TPSA) is 104 Å². The zero-order valence-corrected chi connectivity index (χ0v) is 16.0. The molecular formula is C20H20N5NaO4. The number of benzene rings is 1. The second-order valence-corrected chi connectivity index (χ2v) is 6.80. The van der Waals surface area contributed by atoms with Crippen LogP contribution < -0.4 is 16.8 Å². The van der Waals surface area contributed by atoms with Crippen LogP contribution in [0.5, 0.6) is 5.88 Å². The van der Waals surface area contributed by atoms with Gasteiger partial charge < -0.3 is 5.11 Å². The molecule has 10 heteroatoms. The van der Waals surface area contributed by atoms with Crippen molar-refractivity contribution < 1.29 is 5.11 Å². The number of fused-ring (bicyclic) bond motifs is 3. The molecule has 0 saturated heterocycles. The van der Waals surface area contributed by atoms with Crippen molar-refractivity contribution in [1.82, 2.24) is 23.1 Å². The van der Waals surface area contributed by atoms with Gasteiger partial charge >= 0.3 is 35.2 Å². The molecule has 150 valence electrons. The Morgan fingerprint density at radius 1 is 1.07 bits per heavy atom. The maximum absolute atomic E-state index is 13.1. The first-order chi connectivity index (χ1) is 13.9. The zero-order valence-electron chi connectivity index (χ0n) is 16.0.